The van der Waals surface area contributed by atoms with Gasteiger partial charge in [0.1, 0.15) is 5.69 Å². The number of nitrogens with two attached hydrogens (primary N) is 1. The molecule has 2 heterocycles. The van der Waals surface area contributed by atoms with Gasteiger partial charge in [-0.05, 0) is 55.3 Å². The molecule has 1 aliphatic heterocycles. The number of primary amides is 1. The molecular weight excluding hydrogens is 376 g/mol. The maximum atomic E-state index is 13.0. The van der Waals surface area contributed by atoms with E-state index in [2.05, 4.69) is 22.0 Å². The van der Waals surface area contributed by atoms with Crippen molar-refractivity contribution in [2.45, 2.75) is 18.8 Å². The average molecular weight is 398 g/mol. The molecule has 3 aromatic rings. The van der Waals surface area contributed by atoms with Gasteiger partial charge >= 0.3 is 0 Å². The Morgan fingerprint density at radius 2 is 1.73 bits per heavy atom. The lowest BCUT2D eigenvalue weighted by atomic mass is 9.94. The molecule has 2 aromatic carbocycles. The smallest absolute Gasteiger partial charge is 0.269 e. The Morgan fingerprint density at radius 1 is 1.03 bits per heavy atom. The highest BCUT2D eigenvalue weighted by Gasteiger charge is 2.27. The highest BCUT2D eigenvalue weighted by atomic mass is 16.2. The zero-order valence-corrected chi connectivity index (χ0v) is 16.5. The van der Waals surface area contributed by atoms with Crippen LogP contribution in [0.3, 0.4) is 0 Å². The Balaban J connectivity index is 1.43. The lowest BCUT2D eigenvalue weighted by Crippen LogP contribution is -2.39. The summed E-state index contributed by atoms with van der Waals surface area (Å²) >= 11 is 0. The molecule has 1 aliphatic rings. The number of amides is 2. The molecule has 0 spiro atoms. The van der Waals surface area contributed by atoms with Gasteiger partial charge < -0.3 is 10.6 Å². The third kappa shape index (κ3) is 4.41. The van der Waals surface area contributed by atoms with Crippen LogP contribution in [0.2, 0.25) is 0 Å². The Labute approximate surface area is 175 Å². The maximum absolute atomic E-state index is 13.0. The Morgan fingerprint density at radius 3 is 2.40 bits per heavy atom. The van der Waals surface area contributed by atoms with Crippen molar-refractivity contribution in [2.75, 3.05) is 13.1 Å². The van der Waals surface area contributed by atoms with Crippen molar-refractivity contribution in [3.8, 4) is 11.8 Å². The molecular formula is C24H22N4O2. The summed E-state index contributed by atoms with van der Waals surface area (Å²) in [5.41, 5.74) is 8.80. The summed E-state index contributed by atoms with van der Waals surface area (Å²) in [6.07, 6.45) is 1.82. The first-order valence-corrected chi connectivity index (χ1v) is 9.91. The molecule has 30 heavy (non-hydrogen) atoms. The summed E-state index contributed by atoms with van der Waals surface area (Å²) in [5, 5.41) is 6.84. The number of rotatable bonds is 3. The van der Waals surface area contributed by atoms with Crippen LogP contribution in [-0.2, 0) is 0 Å². The van der Waals surface area contributed by atoms with E-state index in [9.17, 15) is 9.59 Å². The third-order valence-corrected chi connectivity index (χ3v) is 5.26. The molecule has 1 atom stereocenters. The van der Waals surface area contributed by atoms with Crippen LogP contribution in [0.5, 0.6) is 0 Å². The van der Waals surface area contributed by atoms with E-state index in [1.54, 1.807) is 6.07 Å². The molecule has 2 amide bonds. The fourth-order valence-corrected chi connectivity index (χ4v) is 3.63. The number of carbonyl (C=O) groups excluding carboxylic acids is 2. The first-order valence-electron chi connectivity index (χ1n) is 9.91. The van der Waals surface area contributed by atoms with Gasteiger partial charge in [-0.2, -0.15) is 5.10 Å². The number of nitrogens with one attached hydrogen (secondary N) is 1. The minimum atomic E-state index is -0.559. The van der Waals surface area contributed by atoms with E-state index in [-0.39, 0.29) is 17.5 Å². The van der Waals surface area contributed by atoms with Gasteiger partial charge in [0.15, 0.2) is 0 Å². The molecule has 150 valence electrons. The molecule has 0 saturated carbocycles. The molecule has 3 N–H and O–H groups in total. The van der Waals surface area contributed by atoms with Gasteiger partial charge in [-0.3, -0.25) is 14.7 Å². The van der Waals surface area contributed by atoms with Crippen molar-refractivity contribution in [2.24, 2.45) is 5.73 Å². The van der Waals surface area contributed by atoms with E-state index >= 15 is 0 Å². The number of nitrogens with zero attached hydrogens (tertiary/aromatic N) is 2. The van der Waals surface area contributed by atoms with Crippen LogP contribution >= 0.6 is 0 Å². The van der Waals surface area contributed by atoms with Crippen molar-refractivity contribution < 1.29 is 9.59 Å². The number of hydrogen-bond donors (Lipinski definition) is 2. The van der Waals surface area contributed by atoms with Crippen molar-refractivity contribution in [3.05, 3.63) is 88.7 Å². The minimum Gasteiger partial charge on any atom is -0.364 e. The Hall–Kier alpha value is -3.85. The second kappa shape index (κ2) is 8.66. The van der Waals surface area contributed by atoms with E-state index in [0.29, 0.717) is 18.7 Å². The summed E-state index contributed by atoms with van der Waals surface area (Å²) in [4.78, 5) is 26.1. The zero-order chi connectivity index (χ0) is 20.9. The van der Waals surface area contributed by atoms with Crippen LogP contribution < -0.4 is 5.73 Å². The first-order chi connectivity index (χ1) is 14.6. The van der Waals surface area contributed by atoms with Crippen molar-refractivity contribution in [1.29, 1.82) is 0 Å². The average Bonchev–Trinajstić information content (AvgIpc) is 3.29. The SMILES string of the molecule is NC(=O)c1cc(C2CCCN(C(=O)c3ccc(C#Cc4ccccc4)cc3)C2)[nH]n1. The van der Waals surface area contributed by atoms with Gasteiger partial charge in [0.25, 0.3) is 11.8 Å². The lowest BCUT2D eigenvalue weighted by Gasteiger charge is -2.32. The van der Waals surface area contributed by atoms with Crippen LogP contribution in [0.1, 0.15) is 56.4 Å². The first kappa shape index (κ1) is 19.5. The largest absolute Gasteiger partial charge is 0.364 e. The highest BCUT2D eigenvalue weighted by Crippen LogP contribution is 2.27. The maximum Gasteiger partial charge on any atom is 0.269 e. The van der Waals surface area contributed by atoms with Crippen molar-refractivity contribution >= 4 is 11.8 Å². The van der Waals surface area contributed by atoms with Crippen LogP contribution in [0.25, 0.3) is 0 Å². The Kier molecular flexibility index (Phi) is 5.62. The fraction of sp³-hybridized carbons (Fsp3) is 0.208. The number of benzene rings is 2. The highest BCUT2D eigenvalue weighted by molar-refractivity contribution is 5.94. The molecule has 1 fully saturated rings. The van der Waals surface area contributed by atoms with E-state index in [0.717, 1.165) is 29.7 Å². The van der Waals surface area contributed by atoms with Crippen molar-refractivity contribution in [3.63, 3.8) is 0 Å². The van der Waals surface area contributed by atoms with Gasteiger partial charge in [-0.15, -0.1) is 0 Å². The number of carbonyl (C=O) groups is 2. The number of H-pyrrole nitrogens is 1. The molecule has 1 aromatic heterocycles. The minimum absolute atomic E-state index is 0.00286. The number of aromatic nitrogens is 2. The zero-order valence-electron chi connectivity index (χ0n) is 16.5. The third-order valence-electron chi connectivity index (χ3n) is 5.26. The summed E-state index contributed by atoms with van der Waals surface area (Å²) in [6.45, 7) is 1.29. The van der Waals surface area contributed by atoms with Crippen LogP contribution in [0.15, 0.2) is 60.7 Å². The van der Waals surface area contributed by atoms with Gasteiger partial charge in [-0.25, -0.2) is 0 Å². The number of aromatic amines is 1. The van der Waals surface area contributed by atoms with E-state index in [1.807, 2.05) is 59.5 Å². The molecule has 0 radical (unpaired) electrons. The summed E-state index contributed by atoms with van der Waals surface area (Å²) in [6, 6.07) is 18.9. The topological polar surface area (TPSA) is 92.1 Å². The molecule has 1 unspecified atom stereocenters. The van der Waals surface area contributed by atoms with Gasteiger partial charge in [0.05, 0.1) is 0 Å². The summed E-state index contributed by atoms with van der Waals surface area (Å²) in [5.74, 6) is 5.79. The monoisotopic (exact) mass is 398 g/mol. The molecule has 0 bridgehead atoms. The second-order valence-electron chi connectivity index (χ2n) is 7.36. The molecule has 6 nitrogen and oxygen atoms in total. The van der Waals surface area contributed by atoms with Crippen LogP contribution in [0, 0.1) is 11.8 Å². The molecule has 6 heteroatoms. The van der Waals surface area contributed by atoms with E-state index < -0.39 is 5.91 Å². The fourth-order valence-electron chi connectivity index (χ4n) is 3.63. The predicted octanol–water partition coefficient (Wildman–Crippen LogP) is 2.93. The number of hydrogen-bond acceptors (Lipinski definition) is 3. The van der Waals surface area contributed by atoms with Crippen LogP contribution in [0.4, 0.5) is 0 Å². The molecule has 1 saturated heterocycles. The van der Waals surface area contributed by atoms with Gasteiger partial charge in [0, 0.05) is 41.4 Å². The molecule has 4 rings (SSSR count). The quantitative estimate of drug-likeness (QED) is 0.665. The number of piperidine rings is 1. The second-order valence-corrected chi connectivity index (χ2v) is 7.36. The van der Waals surface area contributed by atoms with Gasteiger partial charge in [0.2, 0.25) is 0 Å². The van der Waals surface area contributed by atoms with E-state index in [4.69, 9.17) is 5.73 Å². The standard InChI is InChI=1S/C24H22N4O2/c25-23(29)22-15-21(26-27-22)20-7-4-14-28(16-20)24(30)19-12-10-18(11-13-19)9-8-17-5-2-1-3-6-17/h1-3,5-6,10-13,15,20H,4,7,14,16H2,(H2,25,29)(H,26,27). The van der Waals surface area contributed by atoms with Crippen molar-refractivity contribution in [1.82, 2.24) is 15.1 Å². The summed E-state index contributed by atoms with van der Waals surface area (Å²) in [7, 11) is 0. The van der Waals surface area contributed by atoms with Crippen LogP contribution in [-0.4, -0.2) is 40.0 Å². The predicted molar refractivity (Wildman–Crippen MR) is 114 cm³/mol. The summed E-state index contributed by atoms with van der Waals surface area (Å²) < 4.78 is 0. The molecule has 0 aliphatic carbocycles. The van der Waals surface area contributed by atoms with Gasteiger partial charge in [-0.1, -0.05) is 30.0 Å². The lowest BCUT2D eigenvalue weighted by molar-refractivity contribution is 0.0705. The number of likely N-dealkylation sites (tertiary alicyclic amines) is 1. The normalized spacial score (nSPS) is 15.9. The van der Waals surface area contributed by atoms with E-state index in [1.165, 1.54) is 0 Å². The Bertz CT molecular complexity index is 1110.